The van der Waals surface area contributed by atoms with Gasteiger partial charge in [-0.05, 0) is 32.0 Å². The molecule has 0 N–H and O–H groups in total. The fourth-order valence-electron chi connectivity index (χ4n) is 3.32. The Labute approximate surface area is 156 Å². The van der Waals surface area contributed by atoms with Gasteiger partial charge in [0.1, 0.15) is 17.6 Å². The number of carbonyl (C=O) groups is 1. The monoisotopic (exact) mass is 367 g/mol. The highest BCUT2D eigenvalue weighted by Gasteiger charge is 2.28. The zero-order valence-electron chi connectivity index (χ0n) is 15.5. The molecule has 1 atom stereocenters. The summed E-state index contributed by atoms with van der Waals surface area (Å²) in [5.74, 6) is 0.638. The fraction of sp³-hybridized carbons (Fsp3) is 0.368. The van der Waals surface area contributed by atoms with E-state index < -0.39 is 0 Å². The van der Waals surface area contributed by atoms with E-state index in [1.807, 2.05) is 32.0 Å². The Morgan fingerprint density at radius 3 is 2.81 bits per heavy atom. The standard InChI is InChI=1S/C19H21N5O3/c1-12-18(13(2)27-22-12)15-6-4-5-14(20-15)17-11-24(9-10-26-17)19(25)16-7-8-23(3)21-16/h4-8,17H,9-11H2,1-3H3. The molecule has 4 rings (SSSR count). The molecule has 4 heterocycles. The Hall–Kier alpha value is -3.00. The lowest BCUT2D eigenvalue weighted by atomic mass is 10.1. The van der Waals surface area contributed by atoms with Gasteiger partial charge in [0.25, 0.3) is 5.91 Å². The fourth-order valence-corrected chi connectivity index (χ4v) is 3.32. The van der Waals surface area contributed by atoms with Crippen LogP contribution in [0.1, 0.15) is 33.7 Å². The summed E-state index contributed by atoms with van der Waals surface area (Å²) in [5.41, 5.74) is 3.71. The largest absolute Gasteiger partial charge is 0.368 e. The second-order valence-corrected chi connectivity index (χ2v) is 6.63. The molecule has 1 saturated heterocycles. The minimum absolute atomic E-state index is 0.0919. The van der Waals surface area contributed by atoms with Gasteiger partial charge in [0, 0.05) is 19.8 Å². The number of amides is 1. The van der Waals surface area contributed by atoms with Crippen LogP contribution in [0.25, 0.3) is 11.3 Å². The van der Waals surface area contributed by atoms with E-state index in [-0.39, 0.29) is 12.0 Å². The van der Waals surface area contributed by atoms with Gasteiger partial charge in [-0.1, -0.05) is 11.2 Å². The Kier molecular flexibility index (Phi) is 4.49. The summed E-state index contributed by atoms with van der Waals surface area (Å²) in [6.45, 7) is 5.20. The third kappa shape index (κ3) is 3.35. The number of ether oxygens (including phenoxy) is 1. The van der Waals surface area contributed by atoms with Crippen LogP contribution in [0, 0.1) is 13.8 Å². The van der Waals surface area contributed by atoms with E-state index in [1.165, 1.54) is 0 Å². The lowest BCUT2D eigenvalue weighted by Gasteiger charge is -2.32. The molecule has 8 heteroatoms. The van der Waals surface area contributed by atoms with E-state index in [0.717, 1.165) is 28.4 Å². The van der Waals surface area contributed by atoms with Crippen LogP contribution >= 0.6 is 0 Å². The minimum Gasteiger partial charge on any atom is -0.368 e. The second kappa shape index (κ2) is 6.96. The average Bonchev–Trinajstić information content (AvgIpc) is 3.26. The Morgan fingerprint density at radius 1 is 1.26 bits per heavy atom. The Morgan fingerprint density at radius 2 is 2.11 bits per heavy atom. The maximum Gasteiger partial charge on any atom is 0.274 e. The molecule has 0 spiro atoms. The van der Waals surface area contributed by atoms with E-state index in [2.05, 4.69) is 10.3 Å². The smallest absolute Gasteiger partial charge is 0.274 e. The van der Waals surface area contributed by atoms with Gasteiger partial charge in [-0.25, -0.2) is 4.98 Å². The molecule has 27 heavy (non-hydrogen) atoms. The number of rotatable bonds is 3. The Balaban J connectivity index is 1.57. The number of pyridine rings is 1. The first kappa shape index (κ1) is 17.4. The third-order valence-corrected chi connectivity index (χ3v) is 4.68. The predicted molar refractivity (Wildman–Crippen MR) is 97.0 cm³/mol. The highest BCUT2D eigenvalue weighted by Crippen LogP contribution is 2.28. The van der Waals surface area contributed by atoms with E-state index >= 15 is 0 Å². The molecule has 0 bridgehead atoms. The predicted octanol–water partition coefficient (Wildman–Crippen LogP) is 2.30. The normalized spacial score (nSPS) is 17.3. The summed E-state index contributed by atoms with van der Waals surface area (Å²) in [6.07, 6.45) is 1.48. The first-order valence-corrected chi connectivity index (χ1v) is 8.83. The van der Waals surface area contributed by atoms with Gasteiger partial charge < -0.3 is 14.2 Å². The van der Waals surface area contributed by atoms with Crippen LogP contribution in [0.2, 0.25) is 0 Å². The SMILES string of the molecule is Cc1noc(C)c1-c1cccc(C2CN(C(=O)c3ccn(C)n3)CCO2)n1. The van der Waals surface area contributed by atoms with Crippen LogP contribution in [0.15, 0.2) is 35.0 Å². The molecule has 140 valence electrons. The van der Waals surface area contributed by atoms with Gasteiger partial charge in [0.2, 0.25) is 0 Å². The second-order valence-electron chi connectivity index (χ2n) is 6.63. The number of hydrogen-bond donors (Lipinski definition) is 0. The molecular formula is C19H21N5O3. The molecule has 3 aromatic rings. The quantitative estimate of drug-likeness (QED) is 0.706. The van der Waals surface area contributed by atoms with E-state index in [0.29, 0.717) is 25.4 Å². The van der Waals surface area contributed by atoms with Gasteiger partial charge in [-0.15, -0.1) is 0 Å². The maximum atomic E-state index is 12.7. The molecule has 0 aromatic carbocycles. The number of nitrogens with zero attached hydrogens (tertiary/aromatic N) is 5. The van der Waals surface area contributed by atoms with Crippen molar-refractivity contribution in [3.8, 4) is 11.3 Å². The summed E-state index contributed by atoms with van der Waals surface area (Å²) in [7, 11) is 1.79. The van der Waals surface area contributed by atoms with Crippen molar-refractivity contribution in [3.05, 3.63) is 53.3 Å². The highest BCUT2D eigenvalue weighted by atomic mass is 16.5. The van der Waals surface area contributed by atoms with E-state index in [9.17, 15) is 4.79 Å². The van der Waals surface area contributed by atoms with Gasteiger partial charge in [0.05, 0.1) is 35.8 Å². The van der Waals surface area contributed by atoms with Crippen LogP contribution < -0.4 is 0 Å². The van der Waals surface area contributed by atoms with Crippen LogP contribution in [0.5, 0.6) is 0 Å². The summed E-state index contributed by atoms with van der Waals surface area (Å²) in [5, 5.41) is 8.20. The molecule has 0 saturated carbocycles. The molecule has 1 amide bonds. The number of carbonyl (C=O) groups excluding carboxylic acids is 1. The van der Waals surface area contributed by atoms with Crippen molar-refractivity contribution in [2.24, 2.45) is 7.05 Å². The van der Waals surface area contributed by atoms with Crippen LogP contribution in [0.3, 0.4) is 0 Å². The first-order chi connectivity index (χ1) is 13.0. The molecule has 1 aliphatic heterocycles. The molecule has 0 radical (unpaired) electrons. The van der Waals surface area contributed by atoms with Crippen molar-refractivity contribution in [1.82, 2.24) is 24.8 Å². The van der Waals surface area contributed by atoms with Crippen LogP contribution in [-0.2, 0) is 11.8 Å². The average molecular weight is 367 g/mol. The third-order valence-electron chi connectivity index (χ3n) is 4.68. The van der Waals surface area contributed by atoms with Crippen molar-refractivity contribution in [1.29, 1.82) is 0 Å². The van der Waals surface area contributed by atoms with Crippen molar-refractivity contribution in [2.75, 3.05) is 19.7 Å². The number of aryl methyl sites for hydroxylation is 3. The van der Waals surface area contributed by atoms with Gasteiger partial charge >= 0.3 is 0 Å². The van der Waals surface area contributed by atoms with Gasteiger partial charge in [0.15, 0.2) is 0 Å². The lowest BCUT2D eigenvalue weighted by molar-refractivity contribution is -0.0248. The molecule has 1 unspecified atom stereocenters. The summed E-state index contributed by atoms with van der Waals surface area (Å²) in [4.78, 5) is 19.2. The zero-order valence-corrected chi connectivity index (χ0v) is 15.5. The molecule has 3 aromatic heterocycles. The van der Waals surface area contributed by atoms with Gasteiger partial charge in [-0.3, -0.25) is 9.48 Å². The first-order valence-electron chi connectivity index (χ1n) is 8.83. The molecule has 1 aliphatic rings. The Bertz CT molecular complexity index is 958. The molecule has 1 fully saturated rings. The van der Waals surface area contributed by atoms with Gasteiger partial charge in [-0.2, -0.15) is 5.10 Å². The van der Waals surface area contributed by atoms with Crippen molar-refractivity contribution >= 4 is 5.91 Å². The van der Waals surface area contributed by atoms with Crippen LogP contribution in [0.4, 0.5) is 0 Å². The van der Waals surface area contributed by atoms with Crippen molar-refractivity contribution in [3.63, 3.8) is 0 Å². The van der Waals surface area contributed by atoms with Crippen molar-refractivity contribution < 1.29 is 14.1 Å². The zero-order chi connectivity index (χ0) is 19.0. The number of aromatic nitrogens is 4. The maximum absolute atomic E-state index is 12.7. The molecule has 0 aliphatic carbocycles. The summed E-state index contributed by atoms with van der Waals surface area (Å²) < 4.78 is 12.8. The highest BCUT2D eigenvalue weighted by molar-refractivity contribution is 5.92. The number of hydrogen-bond acceptors (Lipinski definition) is 6. The van der Waals surface area contributed by atoms with Crippen LogP contribution in [-0.4, -0.2) is 50.4 Å². The lowest BCUT2D eigenvalue weighted by Crippen LogP contribution is -2.42. The summed E-state index contributed by atoms with van der Waals surface area (Å²) in [6, 6.07) is 7.51. The molecule has 8 nitrogen and oxygen atoms in total. The molecular weight excluding hydrogens is 346 g/mol. The van der Waals surface area contributed by atoms with E-state index in [4.69, 9.17) is 14.2 Å². The van der Waals surface area contributed by atoms with Crippen molar-refractivity contribution in [2.45, 2.75) is 20.0 Å². The topological polar surface area (TPSA) is 86.3 Å². The van der Waals surface area contributed by atoms with E-state index in [1.54, 1.807) is 28.9 Å². The minimum atomic E-state index is -0.285. The number of morpholine rings is 1. The summed E-state index contributed by atoms with van der Waals surface area (Å²) >= 11 is 0.